The number of benzene rings is 2. The van der Waals surface area contributed by atoms with Crippen LogP contribution in [0.2, 0.25) is 0 Å². The van der Waals surface area contributed by atoms with Crippen LogP contribution in [-0.4, -0.2) is 47.8 Å². The van der Waals surface area contributed by atoms with Gasteiger partial charge in [0.15, 0.2) is 0 Å². The molecule has 27 heavy (non-hydrogen) atoms. The first-order valence-electron chi connectivity index (χ1n) is 9.23. The first kappa shape index (κ1) is 17.5. The number of hydrogen-bond acceptors (Lipinski definition) is 3. The highest BCUT2D eigenvalue weighted by molar-refractivity contribution is 6.10. The molecule has 0 atom stereocenters. The summed E-state index contributed by atoms with van der Waals surface area (Å²) in [5.74, 6) is 0.0604. The van der Waals surface area contributed by atoms with Gasteiger partial charge in [-0.1, -0.05) is 18.2 Å². The number of hydrogen-bond donors (Lipinski definition) is 1. The van der Waals surface area contributed by atoms with Crippen LogP contribution in [0.3, 0.4) is 0 Å². The average molecular weight is 361 g/mol. The first-order chi connectivity index (χ1) is 13.1. The van der Waals surface area contributed by atoms with Gasteiger partial charge in [0.1, 0.15) is 0 Å². The highest BCUT2D eigenvalue weighted by Crippen LogP contribution is 2.24. The summed E-state index contributed by atoms with van der Waals surface area (Å²) >= 11 is 0. The smallest absolute Gasteiger partial charge is 0.254 e. The maximum Gasteiger partial charge on any atom is 0.254 e. The molecular formula is C22H23N3O2. The number of aromatic amines is 1. The van der Waals surface area contributed by atoms with Crippen LogP contribution >= 0.6 is 0 Å². The number of aromatic nitrogens is 1. The monoisotopic (exact) mass is 361 g/mol. The lowest BCUT2D eigenvalue weighted by molar-refractivity contribution is 0.0303. The van der Waals surface area contributed by atoms with Gasteiger partial charge in [-0.3, -0.25) is 9.79 Å². The Bertz CT molecular complexity index is 1010. The molecule has 5 heteroatoms. The van der Waals surface area contributed by atoms with Crippen molar-refractivity contribution in [2.45, 2.75) is 13.8 Å². The molecule has 1 N–H and O–H groups in total. The van der Waals surface area contributed by atoms with Gasteiger partial charge >= 0.3 is 0 Å². The molecule has 0 radical (unpaired) electrons. The lowest BCUT2D eigenvalue weighted by Gasteiger charge is -2.27. The molecule has 5 nitrogen and oxygen atoms in total. The van der Waals surface area contributed by atoms with E-state index in [4.69, 9.17) is 9.73 Å². The number of ether oxygens (including phenoxy) is 1. The topological polar surface area (TPSA) is 57.7 Å². The SMILES string of the molecule is C/C(=N\c1ccc(C(=O)N2CCOCC2)cc1C)c1c[nH]c2ccccc12. The fourth-order valence-corrected chi connectivity index (χ4v) is 3.47. The quantitative estimate of drug-likeness (QED) is 0.715. The zero-order valence-corrected chi connectivity index (χ0v) is 15.7. The van der Waals surface area contributed by atoms with Crippen molar-refractivity contribution in [2.24, 2.45) is 4.99 Å². The van der Waals surface area contributed by atoms with Gasteiger partial charge in [-0.25, -0.2) is 0 Å². The van der Waals surface area contributed by atoms with Gasteiger partial charge in [0, 0.05) is 47.0 Å². The summed E-state index contributed by atoms with van der Waals surface area (Å²) in [4.78, 5) is 22.6. The second kappa shape index (κ2) is 7.37. The van der Waals surface area contributed by atoms with E-state index in [1.165, 1.54) is 0 Å². The third kappa shape index (κ3) is 3.51. The molecule has 0 aliphatic carbocycles. The molecule has 1 fully saturated rings. The maximum absolute atomic E-state index is 12.6. The Balaban J connectivity index is 1.60. The highest BCUT2D eigenvalue weighted by Gasteiger charge is 2.19. The van der Waals surface area contributed by atoms with Crippen LogP contribution in [-0.2, 0) is 4.74 Å². The lowest BCUT2D eigenvalue weighted by atomic mass is 10.1. The maximum atomic E-state index is 12.6. The van der Waals surface area contributed by atoms with Gasteiger partial charge in [-0.05, 0) is 43.7 Å². The van der Waals surface area contributed by atoms with Crippen LogP contribution in [0.4, 0.5) is 5.69 Å². The van der Waals surface area contributed by atoms with E-state index in [0.29, 0.717) is 31.9 Å². The van der Waals surface area contributed by atoms with Gasteiger partial charge in [0.2, 0.25) is 0 Å². The van der Waals surface area contributed by atoms with Gasteiger partial charge < -0.3 is 14.6 Å². The van der Waals surface area contributed by atoms with Crippen LogP contribution in [0.25, 0.3) is 10.9 Å². The van der Waals surface area contributed by atoms with Crippen molar-refractivity contribution in [2.75, 3.05) is 26.3 Å². The number of fused-ring (bicyclic) bond motifs is 1. The summed E-state index contributed by atoms with van der Waals surface area (Å²) in [6, 6.07) is 13.9. The number of rotatable bonds is 3. The summed E-state index contributed by atoms with van der Waals surface area (Å²) in [5, 5.41) is 1.16. The minimum Gasteiger partial charge on any atom is -0.378 e. The number of para-hydroxylation sites is 1. The predicted octanol–water partition coefficient (Wildman–Crippen LogP) is 4.09. The van der Waals surface area contributed by atoms with Crippen LogP contribution in [0.1, 0.15) is 28.4 Å². The predicted molar refractivity (Wildman–Crippen MR) is 108 cm³/mol. The second-order valence-electron chi connectivity index (χ2n) is 6.85. The Labute approximate surface area is 158 Å². The molecule has 1 aromatic heterocycles. The van der Waals surface area contributed by atoms with Crippen molar-refractivity contribution in [3.63, 3.8) is 0 Å². The van der Waals surface area contributed by atoms with Crippen LogP contribution in [0, 0.1) is 6.92 Å². The fourth-order valence-electron chi connectivity index (χ4n) is 3.47. The summed E-state index contributed by atoms with van der Waals surface area (Å²) in [5.41, 5.74) is 5.73. The molecule has 0 saturated carbocycles. The number of nitrogens with zero attached hydrogens (tertiary/aromatic N) is 2. The first-order valence-corrected chi connectivity index (χ1v) is 9.23. The number of amides is 1. The molecule has 138 valence electrons. The van der Waals surface area contributed by atoms with Crippen LogP contribution in [0.15, 0.2) is 53.7 Å². The zero-order valence-electron chi connectivity index (χ0n) is 15.7. The average Bonchev–Trinajstić information content (AvgIpc) is 3.14. The van der Waals surface area contributed by atoms with Gasteiger partial charge in [-0.15, -0.1) is 0 Å². The van der Waals surface area contributed by atoms with E-state index in [-0.39, 0.29) is 5.91 Å². The Morgan fingerprint density at radius 2 is 1.93 bits per heavy atom. The molecule has 3 aromatic rings. The minimum atomic E-state index is 0.0604. The van der Waals surface area contributed by atoms with Gasteiger partial charge in [-0.2, -0.15) is 0 Å². The van der Waals surface area contributed by atoms with Crippen LogP contribution in [0.5, 0.6) is 0 Å². The minimum absolute atomic E-state index is 0.0604. The van der Waals surface area contributed by atoms with Crippen molar-refractivity contribution < 1.29 is 9.53 Å². The molecule has 1 aliphatic heterocycles. The molecule has 1 aliphatic rings. The van der Waals surface area contributed by atoms with Gasteiger partial charge in [0.25, 0.3) is 5.91 Å². The summed E-state index contributed by atoms with van der Waals surface area (Å²) in [6.07, 6.45) is 2.00. The van der Waals surface area contributed by atoms with Crippen molar-refractivity contribution in [3.05, 3.63) is 65.4 Å². The Morgan fingerprint density at radius 3 is 2.70 bits per heavy atom. The van der Waals surface area contributed by atoms with E-state index in [1.807, 2.05) is 55.3 Å². The number of aliphatic imine (C=N–C) groups is 1. The number of aryl methyl sites for hydroxylation is 1. The normalized spacial score (nSPS) is 15.3. The Kier molecular flexibility index (Phi) is 4.77. The lowest BCUT2D eigenvalue weighted by Crippen LogP contribution is -2.40. The van der Waals surface area contributed by atoms with E-state index >= 15 is 0 Å². The van der Waals surface area contributed by atoms with E-state index in [2.05, 4.69) is 17.1 Å². The number of H-pyrrole nitrogens is 1. The van der Waals surface area contributed by atoms with Crippen molar-refractivity contribution in [3.8, 4) is 0 Å². The highest BCUT2D eigenvalue weighted by atomic mass is 16.5. The van der Waals surface area contributed by atoms with Crippen LogP contribution < -0.4 is 0 Å². The molecular weight excluding hydrogens is 338 g/mol. The van der Waals surface area contributed by atoms with Crippen molar-refractivity contribution >= 4 is 28.2 Å². The molecule has 1 amide bonds. The zero-order chi connectivity index (χ0) is 18.8. The van der Waals surface area contributed by atoms with Crippen molar-refractivity contribution in [1.29, 1.82) is 0 Å². The van der Waals surface area contributed by atoms with Crippen molar-refractivity contribution in [1.82, 2.24) is 9.88 Å². The Hall–Kier alpha value is -2.92. The van der Waals surface area contributed by atoms with E-state index in [0.717, 1.165) is 33.4 Å². The molecule has 0 spiro atoms. The molecule has 0 bridgehead atoms. The second-order valence-corrected chi connectivity index (χ2v) is 6.85. The van der Waals surface area contributed by atoms with E-state index < -0.39 is 0 Å². The number of nitrogens with one attached hydrogen (secondary N) is 1. The molecule has 2 heterocycles. The summed E-state index contributed by atoms with van der Waals surface area (Å²) in [6.45, 7) is 6.53. The number of carbonyl (C=O) groups excluding carboxylic acids is 1. The Morgan fingerprint density at radius 1 is 1.15 bits per heavy atom. The van der Waals surface area contributed by atoms with E-state index in [1.54, 1.807) is 0 Å². The molecule has 0 unspecified atom stereocenters. The summed E-state index contributed by atoms with van der Waals surface area (Å²) in [7, 11) is 0. The molecule has 4 rings (SSSR count). The van der Waals surface area contributed by atoms with E-state index in [9.17, 15) is 4.79 Å². The molecule has 1 saturated heterocycles. The largest absolute Gasteiger partial charge is 0.378 e. The third-order valence-corrected chi connectivity index (χ3v) is 5.01. The number of carbonyl (C=O) groups is 1. The summed E-state index contributed by atoms with van der Waals surface area (Å²) < 4.78 is 5.32. The number of morpholine rings is 1. The standard InChI is InChI=1S/C22H23N3O2/c1-15-13-17(22(26)25-9-11-27-12-10-25)7-8-20(15)24-16(2)19-14-23-21-6-4-3-5-18(19)21/h3-8,13-14,23H,9-12H2,1-2H3/b24-16+. The third-order valence-electron chi connectivity index (χ3n) is 5.01. The van der Waals surface area contributed by atoms with Gasteiger partial charge in [0.05, 0.1) is 18.9 Å². The fraction of sp³-hybridized carbons (Fsp3) is 0.273. The molecule has 2 aromatic carbocycles.